The summed E-state index contributed by atoms with van der Waals surface area (Å²) in [5.41, 5.74) is 0. The van der Waals surface area contributed by atoms with E-state index in [-0.39, 0.29) is 25.2 Å². The van der Waals surface area contributed by atoms with Crippen molar-refractivity contribution in [3.8, 4) is 0 Å². The molecule has 0 saturated heterocycles. The van der Waals surface area contributed by atoms with Crippen molar-refractivity contribution in [3.05, 3.63) is 72.9 Å². The fourth-order valence-corrected chi connectivity index (χ4v) is 7.71. The van der Waals surface area contributed by atoms with Crippen LogP contribution in [0.1, 0.15) is 265 Å². The van der Waals surface area contributed by atoms with E-state index in [1.165, 1.54) is 161 Å². The second-order valence-electron chi connectivity index (χ2n) is 18.1. The summed E-state index contributed by atoms with van der Waals surface area (Å²) >= 11 is 0. The smallest absolute Gasteiger partial charge is 0.306 e. The van der Waals surface area contributed by atoms with E-state index < -0.39 is 6.10 Å². The molecule has 0 aromatic heterocycles. The SMILES string of the molecule is CC/C=C\C/C=C\C/C=C\C/C=C\C/C=C\C/C=C\CCC(=O)OCC(COCCCCCCCCCCCC)OC(=O)CCCCCCCCCCCCCCCCCCCCC. The molecule has 0 saturated carbocycles. The predicted molar refractivity (Wildman–Crippen MR) is 279 cm³/mol. The third-order valence-corrected chi connectivity index (χ3v) is 11.8. The second-order valence-corrected chi connectivity index (χ2v) is 18.1. The number of carbonyl (C=O) groups is 2. The van der Waals surface area contributed by atoms with E-state index >= 15 is 0 Å². The lowest BCUT2D eigenvalue weighted by Crippen LogP contribution is -2.30. The second kappa shape index (κ2) is 54.7. The zero-order chi connectivity index (χ0) is 46.3. The van der Waals surface area contributed by atoms with Crippen molar-refractivity contribution in [2.45, 2.75) is 271 Å². The Bertz CT molecular complexity index is 1150. The summed E-state index contributed by atoms with van der Waals surface area (Å²) in [6.45, 7) is 7.66. The number of unbranched alkanes of at least 4 members (excludes halogenated alkanes) is 27. The highest BCUT2D eigenvalue weighted by molar-refractivity contribution is 5.70. The van der Waals surface area contributed by atoms with Gasteiger partial charge in [0.1, 0.15) is 6.61 Å². The van der Waals surface area contributed by atoms with E-state index in [0.717, 1.165) is 64.2 Å². The maximum absolute atomic E-state index is 12.8. The minimum absolute atomic E-state index is 0.0472. The molecule has 0 aliphatic heterocycles. The van der Waals surface area contributed by atoms with Gasteiger partial charge in [-0.2, -0.15) is 0 Å². The highest BCUT2D eigenvalue weighted by atomic mass is 16.6. The normalized spacial score (nSPS) is 12.7. The van der Waals surface area contributed by atoms with E-state index in [0.29, 0.717) is 25.9 Å². The Hall–Kier alpha value is -2.66. The lowest BCUT2D eigenvalue weighted by atomic mass is 10.0. The molecule has 0 aromatic carbocycles. The molecule has 0 spiro atoms. The van der Waals surface area contributed by atoms with Crippen LogP contribution in [-0.4, -0.2) is 37.9 Å². The van der Waals surface area contributed by atoms with E-state index in [1.807, 2.05) is 6.08 Å². The van der Waals surface area contributed by atoms with Crippen molar-refractivity contribution in [1.29, 1.82) is 0 Å². The van der Waals surface area contributed by atoms with Crippen molar-refractivity contribution in [2.24, 2.45) is 0 Å². The number of hydrogen-bond donors (Lipinski definition) is 0. The van der Waals surface area contributed by atoms with Crippen LogP contribution in [0.3, 0.4) is 0 Å². The molecule has 0 aliphatic carbocycles. The quantitative estimate of drug-likeness (QED) is 0.0346. The number of allylic oxidation sites excluding steroid dienone is 12. The molecule has 64 heavy (non-hydrogen) atoms. The van der Waals surface area contributed by atoms with Crippen LogP contribution in [0.5, 0.6) is 0 Å². The third-order valence-electron chi connectivity index (χ3n) is 11.8. The Balaban J connectivity index is 4.28. The van der Waals surface area contributed by atoms with Crippen molar-refractivity contribution in [3.63, 3.8) is 0 Å². The molecular weight excluding hydrogens is 789 g/mol. The molecule has 0 heterocycles. The van der Waals surface area contributed by atoms with Crippen LogP contribution in [0, 0.1) is 0 Å². The van der Waals surface area contributed by atoms with E-state index in [2.05, 4.69) is 87.6 Å². The highest BCUT2D eigenvalue weighted by Gasteiger charge is 2.17. The number of hydrogen-bond acceptors (Lipinski definition) is 5. The molecule has 0 amide bonds. The van der Waals surface area contributed by atoms with Gasteiger partial charge in [0, 0.05) is 19.4 Å². The van der Waals surface area contributed by atoms with Gasteiger partial charge in [-0.05, 0) is 57.8 Å². The van der Waals surface area contributed by atoms with Crippen molar-refractivity contribution in [1.82, 2.24) is 0 Å². The van der Waals surface area contributed by atoms with Gasteiger partial charge in [0.15, 0.2) is 6.10 Å². The molecule has 0 fully saturated rings. The first kappa shape index (κ1) is 61.3. The molecule has 1 atom stereocenters. The first-order valence-corrected chi connectivity index (χ1v) is 27.5. The summed E-state index contributed by atoms with van der Waals surface area (Å²) in [5.74, 6) is -0.484. The minimum atomic E-state index is -0.564. The molecular formula is C59H104O5. The zero-order valence-corrected chi connectivity index (χ0v) is 42.5. The summed E-state index contributed by atoms with van der Waals surface area (Å²) in [5, 5.41) is 0. The Morgan fingerprint density at radius 1 is 0.359 bits per heavy atom. The van der Waals surface area contributed by atoms with Gasteiger partial charge < -0.3 is 14.2 Å². The lowest BCUT2D eigenvalue weighted by Gasteiger charge is -2.18. The van der Waals surface area contributed by atoms with Gasteiger partial charge in [0.25, 0.3) is 0 Å². The molecule has 0 aliphatic rings. The van der Waals surface area contributed by atoms with Gasteiger partial charge in [-0.15, -0.1) is 0 Å². The van der Waals surface area contributed by atoms with E-state index in [1.54, 1.807) is 0 Å². The van der Waals surface area contributed by atoms with Crippen LogP contribution in [0.15, 0.2) is 72.9 Å². The fourth-order valence-electron chi connectivity index (χ4n) is 7.71. The van der Waals surface area contributed by atoms with Crippen molar-refractivity contribution >= 4 is 11.9 Å². The van der Waals surface area contributed by atoms with Gasteiger partial charge in [-0.1, -0.05) is 267 Å². The monoisotopic (exact) mass is 893 g/mol. The topological polar surface area (TPSA) is 61.8 Å². The largest absolute Gasteiger partial charge is 0.462 e. The van der Waals surface area contributed by atoms with Gasteiger partial charge in [-0.3, -0.25) is 9.59 Å². The van der Waals surface area contributed by atoms with Gasteiger partial charge >= 0.3 is 11.9 Å². The third kappa shape index (κ3) is 52.0. The predicted octanol–water partition coefficient (Wildman–Crippen LogP) is 18.7. The fraction of sp³-hybridized carbons (Fsp3) is 0.763. The van der Waals surface area contributed by atoms with Crippen molar-refractivity contribution in [2.75, 3.05) is 19.8 Å². The molecule has 0 radical (unpaired) electrons. The number of ether oxygens (including phenoxy) is 3. The summed E-state index contributed by atoms with van der Waals surface area (Å²) in [7, 11) is 0. The zero-order valence-electron chi connectivity index (χ0n) is 42.5. The van der Waals surface area contributed by atoms with Crippen LogP contribution in [-0.2, 0) is 23.8 Å². The Labute approximate surface area is 397 Å². The van der Waals surface area contributed by atoms with Gasteiger partial charge in [0.2, 0.25) is 0 Å². The average molecular weight is 893 g/mol. The first-order chi connectivity index (χ1) is 31.6. The van der Waals surface area contributed by atoms with E-state index in [4.69, 9.17) is 14.2 Å². The first-order valence-electron chi connectivity index (χ1n) is 27.5. The van der Waals surface area contributed by atoms with E-state index in [9.17, 15) is 9.59 Å². The lowest BCUT2D eigenvalue weighted by molar-refractivity contribution is -0.162. The number of esters is 2. The molecule has 0 bridgehead atoms. The van der Waals surface area contributed by atoms with Gasteiger partial charge in [0.05, 0.1) is 6.61 Å². The van der Waals surface area contributed by atoms with Crippen LogP contribution < -0.4 is 0 Å². The summed E-state index contributed by atoms with van der Waals surface area (Å²) in [6.07, 6.45) is 70.7. The molecule has 0 rings (SSSR count). The average Bonchev–Trinajstić information content (AvgIpc) is 3.30. The molecule has 0 aromatic rings. The van der Waals surface area contributed by atoms with Crippen molar-refractivity contribution < 1.29 is 23.8 Å². The molecule has 5 nitrogen and oxygen atoms in total. The summed E-state index contributed by atoms with van der Waals surface area (Å²) in [6, 6.07) is 0. The standard InChI is InChI=1S/C59H104O5/c1-4-7-10-13-16-19-22-24-26-28-30-32-34-36-38-40-43-46-49-52-58(60)63-56-57(55-62-54-51-48-45-42-21-18-15-12-9-6-3)64-59(61)53-50-47-44-41-39-37-35-33-31-29-27-25-23-20-17-14-11-8-5-2/h7,10,16,19,24,26,30,32,36,38,43,46,57H,4-6,8-9,11-15,17-18,20-23,25,27-29,31,33-35,37,39-42,44-45,47-56H2,1-3H3/b10-7-,19-16-,26-24-,32-30-,38-36-,46-43-. The molecule has 5 heteroatoms. The molecule has 370 valence electrons. The Morgan fingerprint density at radius 3 is 1.09 bits per heavy atom. The van der Waals surface area contributed by atoms with Crippen LogP contribution in [0.2, 0.25) is 0 Å². The number of carbonyl (C=O) groups excluding carboxylic acids is 2. The summed E-state index contributed by atoms with van der Waals surface area (Å²) in [4.78, 5) is 25.4. The maximum atomic E-state index is 12.8. The Kier molecular flexibility index (Phi) is 52.4. The van der Waals surface area contributed by atoms with Crippen LogP contribution >= 0.6 is 0 Å². The molecule has 1 unspecified atom stereocenters. The number of rotatable bonds is 50. The molecule has 0 N–H and O–H groups in total. The Morgan fingerprint density at radius 2 is 0.703 bits per heavy atom. The van der Waals surface area contributed by atoms with Crippen LogP contribution in [0.4, 0.5) is 0 Å². The maximum Gasteiger partial charge on any atom is 0.306 e. The van der Waals surface area contributed by atoms with Crippen LogP contribution in [0.25, 0.3) is 0 Å². The summed E-state index contributed by atoms with van der Waals surface area (Å²) < 4.78 is 17.3. The van der Waals surface area contributed by atoms with Gasteiger partial charge in [-0.25, -0.2) is 0 Å². The highest BCUT2D eigenvalue weighted by Crippen LogP contribution is 2.16. The minimum Gasteiger partial charge on any atom is -0.462 e.